The van der Waals surface area contributed by atoms with E-state index in [1.807, 2.05) is 6.07 Å². The lowest BCUT2D eigenvalue weighted by Gasteiger charge is -2.35. The highest BCUT2D eigenvalue weighted by Crippen LogP contribution is 2.40. The van der Waals surface area contributed by atoms with Gasteiger partial charge in [0.1, 0.15) is 28.7 Å². The molecular weight excluding hydrogens is 487 g/mol. The van der Waals surface area contributed by atoms with Gasteiger partial charge in [-0.15, -0.1) is 24.8 Å². The van der Waals surface area contributed by atoms with Crippen LogP contribution in [0.3, 0.4) is 0 Å². The largest absolute Gasteiger partial charge is 0.441 e. The highest BCUT2D eigenvalue weighted by atomic mass is 35.5. The highest BCUT2D eigenvalue weighted by molar-refractivity contribution is 5.90. The number of aromatic nitrogens is 3. The summed E-state index contributed by atoms with van der Waals surface area (Å²) in [5, 5.41) is 7.74. The van der Waals surface area contributed by atoms with Crippen molar-refractivity contribution in [2.45, 2.75) is 31.3 Å². The van der Waals surface area contributed by atoms with Crippen molar-refractivity contribution in [3.05, 3.63) is 66.6 Å². The molecule has 0 atom stereocenters. The van der Waals surface area contributed by atoms with Gasteiger partial charge in [0.25, 0.3) is 0 Å². The molecule has 1 N–H and O–H groups in total. The van der Waals surface area contributed by atoms with E-state index >= 15 is 0 Å². The van der Waals surface area contributed by atoms with Crippen LogP contribution in [0, 0.1) is 17.6 Å². The van der Waals surface area contributed by atoms with Crippen molar-refractivity contribution in [3.8, 4) is 5.69 Å². The summed E-state index contributed by atoms with van der Waals surface area (Å²) in [6, 6.07) is 9.62. The lowest BCUT2D eigenvalue weighted by atomic mass is 9.78. The number of nitrogens with one attached hydrogen (secondary N) is 1. The van der Waals surface area contributed by atoms with E-state index in [1.165, 1.54) is 27.9 Å². The van der Waals surface area contributed by atoms with Crippen molar-refractivity contribution < 1.29 is 18.3 Å². The molecule has 11 heteroatoms. The second-order valence-electron chi connectivity index (χ2n) is 8.42. The molecule has 1 saturated heterocycles. The Labute approximate surface area is 208 Å². The number of carbonyl (C=O) groups is 1. The maximum atomic E-state index is 13.9. The summed E-state index contributed by atoms with van der Waals surface area (Å²) in [6.07, 6.45) is 7.13. The second-order valence-corrected chi connectivity index (χ2v) is 8.42. The van der Waals surface area contributed by atoms with Crippen molar-refractivity contribution in [3.63, 3.8) is 0 Å². The summed E-state index contributed by atoms with van der Waals surface area (Å²) < 4.78 is 34.7. The van der Waals surface area contributed by atoms with Crippen molar-refractivity contribution in [1.82, 2.24) is 14.8 Å². The fourth-order valence-corrected chi connectivity index (χ4v) is 4.48. The molecule has 2 aromatic heterocycles. The molecule has 0 radical (unpaired) electrons. The van der Waals surface area contributed by atoms with Crippen LogP contribution < -0.4 is 10.2 Å². The van der Waals surface area contributed by atoms with Crippen LogP contribution in [0.4, 0.5) is 25.1 Å². The molecule has 5 rings (SSSR count). The molecule has 2 fully saturated rings. The first-order chi connectivity index (χ1) is 15.5. The Morgan fingerprint density at radius 3 is 2.62 bits per heavy atom. The molecule has 1 spiro atoms. The summed E-state index contributed by atoms with van der Waals surface area (Å²) in [4.78, 5) is 17.7. The van der Waals surface area contributed by atoms with Crippen LogP contribution in [0.25, 0.3) is 5.69 Å². The van der Waals surface area contributed by atoms with Crippen LogP contribution in [0.2, 0.25) is 0 Å². The third-order valence-electron chi connectivity index (χ3n) is 6.25. The summed E-state index contributed by atoms with van der Waals surface area (Å²) >= 11 is 0. The molecule has 7 nitrogen and oxygen atoms in total. The molecule has 1 amide bonds. The number of amides is 1. The third kappa shape index (κ3) is 5.26. The number of benzene rings is 1. The first kappa shape index (κ1) is 25.7. The minimum absolute atomic E-state index is 0. The fourth-order valence-electron chi connectivity index (χ4n) is 4.48. The zero-order valence-electron chi connectivity index (χ0n) is 18.2. The minimum Gasteiger partial charge on any atom is -0.441 e. The first-order valence-electron chi connectivity index (χ1n) is 10.7. The van der Waals surface area contributed by atoms with Crippen LogP contribution in [0.5, 0.6) is 0 Å². The lowest BCUT2D eigenvalue weighted by molar-refractivity contribution is 0.0148. The van der Waals surface area contributed by atoms with E-state index in [0.717, 1.165) is 38.4 Å². The van der Waals surface area contributed by atoms with Crippen LogP contribution in [-0.4, -0.2) is 39.5 Å². The molecule has 34 heavy (non-hydrogen) atoms. The third-order valence-corrected chi connectivity index (χ3v) is 6.25. The number of pyridine rings is 1. The van der Waals surface area contributed by atoms with E-state index in [2.05, 4.69) is 15.4 Å². The van der Waals surface area contributed by atoms with Crippen LogP contribution in [0.15, 0.2) is 55.0 Å². The highest BCUT2D eigenvalue weighted by Gasteiger charge is 2.47. The lowest BCUT2D eigenvalue weighted by Crippen LogP contribution is -2.39. The topological polar surface area (TPSA) is 72.3 Å². The van der Waals surface area contributed by atoms with Crippen LogP contribution in [0.1, 0.15) is 25.7 Å². The van der Waals surface area contributed by atoms with E-state index in [0.29, 0.717) is 29.7 Å². The van der Waals surface area contributed by atoms with Gasteiger partial charge in [0.15, 0.2) is 0 Å². The molecular formula is C23H25Cl2F2N5O2. The Hall–Kier alpha value is -2.91. The maximum absolute atomic E-state index is 13.9. The summed E-state index contributed by atoms with van der Waals surface area (Å²) in [6.45, 7) is 1.14. The van der Waals surface area contributed by atoms with Gasteiger partial charge in [-0.05, 0) is 43.7 Å². The smallest absolute Gasteiger partial charge is 0.415 e. The summed E-state index contributed by atoms with van der Waals surface area (Å²) in [5.41, 5.74) is 0.286. The van der Waals surface area contributed by atoms with Crippen LogP contribution >= 0.6 is 24.8 Å². The van der Waals surface area contributed by atoms with Gasteiger partial charge in [0.2, 0.25) is 0 Å². The zero-order chi connectivity index (χ0) is 22.1. The average Bonchev–Trinajstić information content (AvgIpc) is 3.38. The average molecular weight is 512 g/mol. The van der Waals surface area contributed by atoms with Gasteiger partial charge in [0, 0.05) is 24.9 Å². The molecule has 182 valence electrons. The van der Waals surface area contributed by atoms with E-state index in [1.54, 1.807) is 24.4 Å². The number of halogens is 4. The summed E-state index contributed by atoms with van der Waals surface area (Å²) in [5.74, 6) is 0.283. The van der Waals surface area contributed by atoms with E-state index < -0.39 is 17.5 Å². The Morgan fingerprint density at radius 1 is 1.12 bits per heavy atom. The number of anilines is 2. The van der Waals surface area contributed by atoms with E-state index in [-0.39, 0.29) is 30.6 Å². The Bertz CT molecular complexity index is 1140. The molecule has 1 saturated carbocycles. The van der Waals surface area contributed by atoms with Gasteiger partial charge in [-0.2, -0.15) is 5.10 Å². The number of para-hydroxylation sites is 1. The zero-order valence-corrected chi connectivity index (χ0v) is 19.8. The molecule has 0 unspecified atom stereocenters. The number of carbonyl (C=O) groups excluding carboxylic acids is 1. The minimum atomic E-state index is -0.535. The monoisotopic (exact) mass is 511 g/mol. The SMILES string of the molecule is Cl.Cl.O=C1O[C@]2(CC[C@H](CNc3ccn(-c4ccccc4F)n3)CC2)CN1c1cncc(F)c1. The molecule has 1 aliphatic carbocycles. The second kappa shape index (κ2) is 10.6. The van der Waals surface area contributed by atoms with Crippen molar-refractivity contribution >= 4 is 42.4 Å². The Balaban J connectivity index is 0.00000162. The first-order valence-corrected chi connectivity index (χ1v) is 10.7. The Kier molecular flexibility index (Phi) is 7.99. The van der Waals surface area contributed by atoms with E-state index in [4.69, 9.17) is 4.74 Å². The number of hydrogen-bond donors (Lipinski definition) is 1. The van der Waals surface area contributed by atoms with Gasteiger partial charge in [-0.3, -0.25) is 9.88 Å². The molecule has 3 heterocycles. The molecule has 3 aromatic rings. The number of rotatable bonds is 5. The van der Waals surface area contributed by atoms with Gasteiger partial charge in [-0.1, -0.05) is 12.1 Å². The van der Waals surface area contributed by atoms with Gasteiger partial charge in [0.05, 0.1) is 24.6 Å². The van der Waals surface area contributed by atoms with Crippen molar-refractivity contribution in [2.75, 3.05) is 23.3 Å². The number of ether oxygens (including phenoxy) is 1. The maximum Gasteiger partial charge on any atom is 0.415 e. The summed E-state index contributed by atoms with van der Waals surface area (Å²) in [7, 11) is 0. The predicted molar refractivity (Wildman–Crippen MR) is 129 cm³/mol. The molecule has 2 aliphatic rings. The van der Waals surface area contributed by atoms with Gasteiger partial charge >= 0.3 is 6.09 Å². The predicted octanol–water partition coefficient (Wildman–Crippen LogP) is 5.39. The standard InChI is InChI=1S/C23H23F2N5O2.2ClH/c24-17-11-18(14-26-13-17)29-15-23(32-22(29)31)8-5-16(6-9-23)12-27-21-7-10-30(28-21)20-4-2-1-3-19(20)25;;/h1-4,7,10-11,13-14,16H,5-6,8-9,12,15H2,(H,27,28);2*1H/t16-,23-;;. The van der Waals surface area contributed by atoms with Gasteiger partial charge < -0.3 is 10.1 Å². The fraction of sp³-hybridized carbons (Fsp3) is 0.348. The quantitative estimate of drug-likeness (QED) is 0.497. The van der Waals surface area contributed by atoms with Crippen molar-refractivity contribution in [2.24, 2.45) is 5.92 Å². The number of nitrogens with zero attached hydrogens (tertiary/aromatic N) is 4. The molecule has 1 aromatic carbocycles. The Morgan fingerprint density at radius 2 is 1.88 bits per heavy atom. The number of hydrogen-bond acceptors (Lipinski definition) is 5. The molecule has 0 bridgehead atoms. The van der Waals surface area contributed by atoms with Crippen LogP contribution in [-0.2, 0) is 4.74 Å². The van der Waals surface area contributed by atoms with E-state index in [9.17, 15) is 13.6 Å². The van der Waals surface area contributed by atoms with Gasteiger partial charge in [-0.25, -0.2) is 18.3 Å². The van der Waals surface area contributed by atoms with Crippen molar-refractivity contribution in [1.29, 1.82) is 0 Å². The normalized spacial score (nSPS) is 21.5. The molecule has 1 aliphatic heterocycles.